The van der Waals surface area contributed by atoms with Gasteiger partial charge in [0.2, 0.25) is 0 Å². The second kappa shape index (κ2) is 6.52. The van der Waals surface area contributed by atoms with E-state index in [0.717, 1.165) is 37.3 Å². The van der Waals surface area contributed by atoms with E-state index >= 15 is 0 Å². The first-order valence-electron chi connectivity index (χ1n) is 8.70. The van der Waals surface area contributed by atoms with Crippen LogP contribution in [0.25, 0.3) is 0 Å². The molecule has 2 aliphatic heterocycles. The Hall–Kier alpha value is -2.34. The molecule has 6 heteroatoms. The third-order valence-electron chi connectivity index (χ3n) is 4.89. The van der Waals surface area contributed by atoms with Gasteiger partial charge in [0, 0.05) is 19.2 Å². The van der Waals surface area contributed by atoms with Crippen molar-refractivity contribution in [3.05, 3.63) is 48.2 Å². The number of likely N-dealkylation sites (tertiary alicyclic amines) is 1. The van der Waals surface area contributed by atoms with Crippen LogP contribution in [0.15, 0.2) is 41.1 Å². The average Bonchev–Trinajstić information content (AvgIpc) is 3.22. The van der Waals surface area contributed by atoms with Crippen molar-refractivity contribution in [1.29, 1.82) is 0 Å². The number of amides is 1. The van der Waals surface area contributed by atoms with E-state index in [2.05, 4.69) is 4.98 Å². The van der Waals surface area contributed by atoms with Gasteiger partial charge in [-0.1, -0.05) is 0 Å². The molecule has 2 aromatic heterocycles. The highest BCUT2D eigenvalue weighted by atomic mass is 16.6. The lowest BCUT2D eigenvalue weighted by atomic mass is 9.89. The van der Waals surface area contributed by atoms with Crippen molar-refractivity contribution in [2.45, 2.75) is 37.9 Å². The van der Waals surface area contributed by atoms with Crippen LogP contribution in [0, 0.1) is 6.92 Å². The molecule has 2 saturated heterocycles. The Kier molecular flexibility index (Phi) is 4.21. The number of rotatable bonds is 3. The Balaban J connectivity index is 1.41. The normalized spacial score (nSPS) is 26.1. The first kappa shape index (κ1) is 16.1. The Morgan fingerprint density at radius 3 is 3.08 bits per heavy atom. The highest BCUT2D eigenvalue weighted by Gasteiger charge is 2.45. The van der Waals surface area contributed by atoms with E-state index in [1.165, 1.54) is 0 Å². The van der Waals surface area contributed by atoms with E-state index < -0.39 is 0 Å². The number of carbonyl (C=O) groups is 1. The monoisotopic (exact) mass is 342 g/mol. The number of hydrogen-bond donors (Lipinski definition) is 0. The van der Waals surface area contributed by atoms with Gasteiger partial charge in [-0.2, -0.15) is 0 Å². The molecule has 2 fully saturated rings. The van der Waals surface area contributed by atoms with Gasteiger partial charge >= 0.3 is 0 Å². The molecule has 4 rings (SSSR count). The van der Waals surface area contributed by atoms with E-state index in [0.29, 0.717) is 18.9 Å². The van der Waals surface area contributed by atoms with Crippen molar-refractivity contribution in [3.63, 3.8) is 0 Å². The maximum Gasteiger partial charge on any atom is 0.289 e. The number of furan rings is 1. The summed E-state index contributed by atoms with van der Waals surface area (Å²) in [6.07, 6.45) is 6.07. The number of ether oxygens (including phenoxy) is 2. The van der Waals surface area contributed by atoms with Crippen LogP contribution in [0.1, 0.15) is 35.6 Å². The number of aromatic nitrogens is 1. The van der Waals surface area contributed by atoms with Crippen LogP contribution >= 0.6 is 0 Å². The van der Waals surface area contributed by atoms with Crippen molar-refractivity contribution < 1.29 is 18.7 Å². The maximum atomic E-state index is 12.7. The standard InChI is InChI=1S/C19H22N2O4/c1-14-5-6-17(24-14)18(22)21-9-3-7-19(13-21)10-16(12-23-19)25-15-4-2-8-20-11-15/h2,4-6,8,11,16H,3,7,9-10,12-13H2,1H3/t16-,19+/m1/s1. The molecule has 0 saturated carbocycles. The van der Waals surface area contributed by atoms with Crippen molar-refractivity contribution in [2.24, 2.45) is 0 Å². The molecule has 0 bridgehead atoms. The molecule has 132 valence electrons. The van der Waals surface area contributed by atoms with Crippen LogP contribution in [0.4, 0.5) is 0 Å². The van der Waals surface area contributed by atoms with E-state index in [9.17, 15) is 4.79 Å². The highest BCUT2D eigenvalue weighted by molar-refractivity contribution is 5.91. The SMILES string of the molecule is Cc1ccc(C(=O)N2CCC[C@]3(C[C@@H](Oc4cccnc4)CO3)C2)o1. The molecule has 2 aliphatic rings. The molecule has 0 radical (unpaired) electrons. The van der Waals surface area contributed by atoms with Gasteiger partial charge in [0.1, 0.15) is 17.6 Å². The number of piperidine rings is 1. The van der Waals surface area contributed by atoms with E-state index in [4.69, 9.17) is 13.9 Å². The van der Waals surface area contributed by atoms with Gasteiger partial charge in [0.05, 0.1) is 24.9 Å². The minimum atomic E-state index is -0.317. The molecular weight excluding hydrogens is 320 g/mol. The molecule has 1 spiro atoms. The van der Waals surface area contributed by atoms with Crippen LogP contribution in [0.5, 0.6) is 5.75 Å². The van der Waals surface area contributed by atoms with Gasteiger partial charge in [-0.05, 0) is 44.0 Å². The Morgan fingerprint density at radius 1 is 1.40 bits per heavy atom. The third-order valence-corrected chi connectivity index (χ3v) is 4.89. The lowest BCUT2D eigenvalue weighted by Gasteiger charge is -2.39. The minimum Gasteiger partial charge on any atom is -0.486 e. The second-order valence-electron chi connectivity index (χ2n) is 6.87. The Labute approximate surface area is 146 Å². The number of aryl methyl sites for hydroxylation is 1. The highest BCUT2D eigenvalue weighted by Crippen LogP contribution is 2.36. The zero-order chi connectivity index (χ0) is 17.3. The molecule has 6 nitrogen and oxygen atoms in total. The molecule has 2 atom stereocenters. The molecule has 0 N–H and O–H groups in total. The van der Waals surface area contributed by atoms with Crippen LogP contribution in [-0.2, 0) is 4.74 Å². The molecule has 4 heterocycles. The van der Waals surface area contributed by atoms with Gasteiger partial charge in [-0.3, -0.25) is 9.78 Å². The molecule has 0 aromatic carbocycles. The molecule has 0 aliphatic carbocycles. The second-order valence-corrected chi connectivity index (χ2v) is 6.87. The van der Waals surface area contributed by atoms with Gasteiger partial charge in [-0.15, -0.1) is 0 Å². The zero-order valence-corrected chi connectivity index (χ0v) is 14.3. The van der Waals surface area contributed by atoms with Crippen LogP contribution in [0.2, 0.25) is 0 Å². The Morgan fingerprint density at radius 2 is 2.32 bits per heavy atom. The van der Waals surface area contributed by atoms with Gasteiger partial charge in [0.15, 0.2) is 5.76 Å². The molecule has 0 unspecified atom stereocenters. The van der Waals surface area contributed by atoms with Crippen molar-refractivity contribution >= 4 is 5.91 Å². The predicted octanol–water partition coefficient (Wildman–Crippen LogP) is 2.83. The summed E-state index contributed by atoms with van der Waals surface area (Å²) in [4.78, 5) is 18.6. The summed E-state index contributed by atoms with van der Waals surface area (Å²) < 4.78 is 17.6. The summed E-state index contributed by atoms with van der Waals surface area (Å²) >= 11 is 0. The molecular formula is C19H22N2O4. The Bertz CT molecular complexity index is 745. The summed E-state index contributed by atoms with van der Waals surface area (Å²) in [7, 11) is 0. The van der Waals surface area contributed by atoms with Crippen molar-refractivity contribution in [2.75, 3.05) is 19.7 Å². The summed E-state index contributed by atoms with van der Waals surface area (Å²) in [5.41, 5.74) is -0.317. The van der Waals surface area contributed by atoms with E-state index in [-0.39, 0.29) is 17.6 Å². The van der Waals surface area contributed by atoms with Crippen LogP contribution in [-0.4, -0.2) is 47.2 Å². The number of nitrogens with zero attached hydrogens (tertiary/aromatic N) is 2. The maximum absolute atomic E-state index is 12.7. The van der Waals surface area contributed by atoms with Gasteiger partial charge in [0.25, 0.3) is 5.91 Å². The van der Waals surface area contributed by atoms with E-state index in [1.807, 2.05) is 30.0 Å². The van der Waals surface area contributed by atoms with Crippen LogP contribution < -0.4 is 4.74 Å². The van der Waals surface area contributed by atoms with Gasteiger partial charge in [-0.25, -0.2) is 0 Å². The molecule has 2 aromatic rings. The van der Waals surface area contributed by atoms with Crippen molar-refractivity contribution in [1.82, 2.24) is 9.88 Å². The van der Waals surface area contributed by atoms with Gasteiger partial charge < -0.3 is 18.8 Å². The lowest BCUT2D eigenvalue weighted by Crippen LogP contribution is -2.50. The number of pyridine rings is 1. The molecule has 1 amide bonds. The van der Waals surface area contributed by atoms with Crippen LogP contribution in [0.3, 0.4) is 0 Å². The topological polar surface area (TPSA) is 64.8 Å². The smallest absolute Gasteiger partial charge is 0.289 e. The summed E-state index contributed by atoms with van der Waals surface area (Å²) in [6.45, 7) is 3.70. The molecule has 25 heavy (non-hydrogen) atoms. The summed E-state index contributed by atoms with van der Waals surface area (Å²) in [6, 6.07) is 7.31. The summed E-state index contributed by atoms with van der Waals surface area (Å²) in [5, 5.41) is 0. The number of carbonyl (C=O) groups excluding carboxylic acids is 1. The fourth-order valence-electron chi connectivity index (χ4n) is 3.75. The van der Waals surface area contributed by atoms with E-state index in [1.54, 1.807) is 18.5 Å². The first-order valence-corrected chi connectivity index (χ1v) is 8.70. The zero-order valence-electron chi connectivity index (χ0n) is 14.3. The van der Waals surface area contributed by atoms with Crippen molar-refractivity contribution in [3.8, 4) is 5.75 Å². The third kappa shape index (κ3) is 3.39. The fraction of sp³-hybridized carbons (Fsp3) is 0.474. The fourth-order valence-corrected chi connectivity index (χ4v) is 3.75. The average molecular weight is 342 g/mol. The quantitative estimate of drug-likeness (QED) is 0.858. The minimum absolute atomic E-state index is 0.00916. The summed E-state index contributed by atoms with van der Waals surface area (Å²) in [5.74, 6) is 1.84. The lowest BCUT2D eigenvalue weighted by molar-refractivity contribution is -0.0459. The predicted molar refractivity (Wildman–Crippen MR) is 90.5 cm³/mol. The largest absolute Gasteiger partial charge is 0.486 e. The number of hydrogen-bond acceptors (Lipinski definition) is 5. The first-order chi connectivity index (χ1) is 12.1.